The number of hydrogen-bond acceptors (Lipinski definition) is 3. The van der Waals surface area contributed by atoms with Crippen LogP contribution >= 0.6 is 7.60 Å². The highest BCUT2D eigenvalue weighted by molar-refractivity contribution is 7.58. The smallest absolute Gasteiger partial charge is 0.306 e. The number of allylic oxidation sites excluding steroid dienone is 4. The second-order valence-electron chi connectivity index (χ2n) is 5.78. The normalized spacial score (nSPS) is 12.9. The van der Waals surface area contributed by atoms with Gasteiger partial charge in [0.25, 0.3) is 0 Å². The minimum absolute atomic E-state index is 0.333. The molecule has 0 unspecified atom stereocenters. The highest BCUT2D eigenvalue weighted by atomic mass is 31.2. The Bertz CT molecular complexity index is 798. The van der Waals surface area contributed by atoms with E-state index in [0.717, 1.165) is 11.1 Å². The molecule has 2 aromatic carbocycles. The second kappa shape index (κ2) is 11.5. The van der Waals surface area contributed by atoms with Crippen molar-refractivity contribution in [3.8, 4) is 0 Å². The predicted molar refractivity (Wildman–Crippen MR) is 115 cm³/mol. The van der Waals surface area contributed by atoms with Crippen molar-refractivity contribution in [2.45, 2.75) is 20.3 Å². The molecule has 0 amide bonds. The summed E-state index contributed by atoms with van der Waals surface area (Å²) in [6.07, 6.45) is 10.2. The third-order valence-corrected chi connectivity index (χ3v) is 6.00. The molecule has 0 atom stereocenters. The van der Waals surface area contributed by atoms with Crippen LogP contribution in [0.25, 0.3) is 12.2 Å². The SMILES string of the molecule is CCOP(=O)(OCC)/C(=C/C=C/c1ccccc1)C/C=C/c1ccccc1. The quantitative estimate of drug-likeness (QED) is 0.329. The number of benzene rings is 2. The molecule has 27 heavy (non-hydrogen) atoms. The van der Waals surface area contributed by atoms with Crippen LogP contribution in [-0.2, 0) is 13.6 Å². The Morgan fingerprint density at radius 1 is 0.852 bits per heavy atom. The molecular weight excluding hydrogens is 355 g/mol. The molecule has 3 nitrogen and oxygen atoms in total. The maximum atomic E-state index is 13.2. The van der Waals surface area contributed by atoms with Gasteiger partial charge in [0.1, 0.15) is 0 Å². The third kappa shape index (κ3) is 7.15. The summed E-state index contributed by atoms with van der Waals surface area (Å²) in [6, 6.07) is 20.0. The molecule has 2 aromatic rings. The third-order valence-electron chi connectivity index (χ3n) is 3.76. The number of rotatable bonds is 10. The van der Waals surface area contributed by atoms with Crippen molar-refractivity contribution in [3.05, 3.63) is 95.3 Å². The van der Waals surface area contributed by atoms with E-state index >= 15 is 0 Å². The molecule has 0 aromatic heterocycles. The maximum Gasteiger partial charge on any atom is 0.357 e. The topological polar surface area (TPSA) is 35.5 Å². The summed E-state index contributed by atoms with van der Waals surface area (Å²) in [5, 5.41) is 0.644. The molecule has 2 rings (SSSR count). The molecule has 142 valence electrons. The van der Waals surface area contributed by atoms with Crippen LogP contribution in [0.5, 0.6) is 0 Å². The molecule has 0 aliphatic heterocycles. The average Bonchev–Trinajstić information content (AvgIpc) is 2.69. The van der Waals surface area contributed by atoms with Crippen molar-refractivity contribution >= 4 is 19.7 Å². The Hall–Kier alpha value is -2.19. The molecule has 0 saturated carbocycles. The molecule has 0 aliphatic rings. The Kier molecular flexibility index (Phi) is 9.00. The Labute approximate surface area is 162 Å². The number of hydrogen-bond donors (Lipinski definition) is 0. The lowest BCUT2D eigenvalue weighted by Crippen LogP contribution is -1.98. The van der Waals surface area contributed by atoms with Gasteiger partial charge in [-0.05, 0) is 31.4 Å². The minimum Gasteiger partial charge on any atom is -0.306 e. The van der Waals surface area contributed by atoms with Gasteiger partial charge >= 0.3 is 7.60 Å². The summed E-state index contributed by atoms with van der Waals surface area (Å²) in [6.45, 7) is 4.31. The van der Waals surface area contributed by atoms with Gasteiger partial charge < -0.3 is 9.05 Å². The fraction of sp³-hybridized carbons (Fsp3) is 0.217. The Morgan fingerprint density at radius 2 is 1.37 bits per heavy atom. The highest BCUT2D eigenvalue weighted by Crippen LogP contribution is 2.57. The fourth-order valence-corrected chi connectivity index (χ4v) is 4.21. The van der Waals surface area contributed by atoms with Crippen molar-refractivity contribution in [1.82, 2.24) is 0 Å². The van der Waals surface area contributed by atoms with E-state index < -0.39 is 7.60 Å². The van der Waals surface area contributed by atoms with Gasteiger partial charge in [0, 0.05) is 5.31 Å². The zero-order valence-corrected chi connectivity index (χ0v) is 16.8. The van der Waals surface area contributed by atoms with E-state index in [1.807, 2.05) is 105 Å². The lowest BCUT2D eigenvalue weighted by Gasteiger charge is -2.19. The van der Waals surface area contributed by atoms with E-state index in [1.165, 1.54) is 0 Å². The molecule has 0 radical (unpaired) electrons. The molecule has 0 aliphatic carbocycles. The largest absolute Gasteiger partial charge is 0.357 e. The van der Waals surface area contributed by atoms with Crippen LogP contribution in [0, 0.1) is 0 Å². The summed E-state index contributed by atoms with van der Waals surface area (Å²) >= 11 is 0. The minimum atomic E-state index is -3.31. The van der Waals surface area contributed by atoms with Gasteiger partial charge in [0.05, 0.1) is 13.2 Å². The summed E-state index contributed by atoms with van der Waals surface area (Å²) < 4.78 is 24.3. The molecule has 0 N–H and O–H groups in total. The van der Waals surface area contributed by atoms with E-state index in [-0.39, 0.29) is 0 Å². The summed E-state index contributed by atoms with van der Waals surface area (Å²) in [5.41, 5.74) is 2.18. The molecule has 0 heterocycles. The van der Waals surface area contributed by atoms with Crippen molar-refractivity contribution < 1.29 is 13.6 Å². The van der Waals surface area contributed by atoms with E-state index in [1.54, 1.807) is 0 Å². The fourth-order valence-electron chi connectivity index (χ4n) is 2.53. The van der Waals surface area contributed by atoms with Gasteiger partial charge in [0.15, 0.2) is 0 Å². The molecular formula is C23H27O3P. The molecule has 4 heteroatoms. The van der Waals surface area contributed by atoms with Gasteiger partial charge in [-0.3, -0.25) is 4.57 Å². The first kappa shape index (κ1) is 21.1. The van der Waals surface area contributed by atoms with Crippen LogP contribution < -0.4 is 0 Å². The van der Waals surface area contributed by atoms with E-state index in [4.69, 9.17) is 9.05 Å². The first-order valence-corrected chi connectivity index (χ1v) is 10.8. The lowest BCUT2D eigenvalue weighted by atomic mass is 10.2. The van der Waals surface area contributed by atoms with E-state index in [2.05, 4.69) is 0 Å². The standard InChI is InChI=1S/C23H27O3P/c1-3-25-27(24,26-4-2)23(19-11-17-21-13-7-5-8-14-21)20-12-18-22-15-9-6-10-16-22/h5-19H,3-4,20H2,1-2H3/b17-11+,18-12+,23-19+. The summed E-state index contributed by atoms with van der Waals surface area (Å²) in [4.78, 5) is 0. The molecule has 0 saturated heterocycles. The van der Waals surface area contributed by atoms with Crippen LogP contribution in [-0.4, -0.2) is 13.2 Å². The first-order valence-electron chi connectivity index (χ1n) is 9.21. The molecule has 0 fully saturated rings. The Morgan fingerprint density at radius 3 is 1.89 bits per heavy atom. The highest BCUT2D eigenvalue weighted by Gasteiger charge is 2.28. The van der Waals surface area contributed by atoms with Crippen molar-refractivity contribution in [2.24, 2.45) is 0 Å². The van der Waals surface area contributed by atoms with Crippen LogP contribution in [0.4, 0.5) is 0 Å². The Balaban J connectivity index is 2.23. The predicted octanol–water partition coefficient (Wildman–Crippen LogP) is 6.95. The van der Waals surface area contributed by atoms with Gasteiger partial charge in [-0.15, -0.1) is 0 Å². The summed E-state index contributed by atoms with van der Waals surface area (Å²) in [7, 11) is -3.31. The van der Waals surface area contributed by atoms with Crippen molar-refractivity contribution in [2.75, 3.05) is 13.2 Å². The van der Waals surface area contributed by atoms with E-state index in [9.17, 15) is 4.57 Å². The zero-order valence-electron chi connectivity index (χ0n) is 16.0. The van der Waals surface area contributed by atoms with Crippen LogP contribution in [0.3, 0.4) is 0 Å². The molecule has 0 bridgehead atoms. The monoisotopic (exact) mass is 382 g/mol. The van der Waals surface area contributed by atoms with Crippen molar-refractivity contribution in [1.29, 1.82) is 0 Å². The van der Waals surface area contributed by atoms with Crippen LogP contribution in [0.1, 0.15) is 31.4 Å². The first-order chi connectivity index (χ1) is 13.2. The average molecular weight is 382 g/mol. The van der Waals surface area contributed by atoms with Gasteiger partial charge in [-0.25, -0.2) is 0 Å². The van der Waals surface area contributed by atoms with Gasteiger partial charge in [-0.1, -0.05) is 91.0 Å². The van der Waals surface area contributed by atoms with Gasteiger partial charge in [0.2, 0.25) is 0 Å². The maximum absolute atomic E-state index is 13.2. The van der Waals surface area contributed by atoms with E-state index in [0.29, 0.717) is 24.9 Å². The van der Waals surface area contributed by atoms with Crippen molar-refractivity contribution in [3.63, 3.8) is 0 Å². The van der Waals surface area contributed by atoms with Crippen LogP contribution in [0.15, 0.2) is 84.2 Å². The van der Waals surface area contributed by atoms with Crippen LogP contribution in [0.2, 0.25) is 0 Å². The molecule has 0 spiro atoms. The second-order valence-corrected chi connectivity index (χ2v) is 7.86. The summed E-state index contributed by atoms with van der Waals surface area (Å²) in [5.74, 6) is 0. The zero-order chi connectivity index (χ0) is 19.4. The lowest BCUT2D eigenvalue weighted by molar-refractivity contribution is 0.226. The van der Waals surface area contributed by atoms with Gasteiger partial charge in [-0.2, -0.15) is 0 Å².